The lowest BCUT2D eigenvalue weighted by Crippen LogP contribution is -1.91. The van der Waals surface area contributed by atoms with Gasteiger partial charge in [0.25, 0.3) is 0 Å². The van der Waals surface area contributed by atoms with Crippen LogP contribution < -0.4 is 4.74 Å². The number of rotatable bonds is 4. The maximum Gasteiger partial charge on any atom is 0.328 e. The van der Waals surface area contributed by atoms with Crippen molar-refractivity contribution in [1.82, 2.24) is 0 Å². The Balaban J connectivity index is 2.21. The number of ether oxygens (including phenoxy) is 1. The fourth-order valence-corrected chi connectivity index (χ4v) is 1.73. The number of carboxylic acids is 1. The lowest BCUT2D eigenvalue weighted by atomic mass is 10.1. The highest BCUT2D eigenvalue weighted by Crippen LogP contribution is 2.27. The van der Waals surface area contributed by atoms with Crippen LogP contribution in [0.25, 0.3) is 6.08 Å². The topological polar surface area (TPSA) is 46.5 Å². The van der Waals surface area contributed by atoms with Gasteiger partial charge in [-0.05, 0) is 48.4 Å². The maximum atomic E-state index is 13.1. The molecule has 2 rings (SSSR count). The first-order valence-corrected chi connectivity index (χ1v) is 6.10. The molecular formula is C16H12F2O3. The molecule has 1 N–H and O–H groups in total. The third-order valence-electron chi connectivity index (χ3n) is 2.74. The van der Waals surface area contributed by atoms with E-state index < -0.39 is 17.6 Å². The molecule has 108 valence electrons. The molecule has 0 atom stereocenters. The lowest BCUT2D eigenvalue weighted by molar-refractivity contribution is -0.131. The number of aliphatic carboxylic acids is 1. The molecule has 0 bridgehead atoms. The molecule has 21 heavy (non-hydrogen) atoms. The van der Waals surface area contributed by atoms with E-state index in [9.17, 15) is 13.6 Å². The summed E-state index contributed by atoms with van der Waals surface area (Å²) in [6.07, 6.45) is 2.49. The maximum absolute atomic E-state index is 13.1. The third-order valence-corrected chi connectivity index (χ3v) is 2.74. The molecule has 0 unspecified atom stereocenters. The molecule has 5 heteroatoms. The standard InChI is InChI=1S/C16H12F2O3/c1-10-8-11(3-7-16(19)20)2-6-15(10)21-12-4-5-13(17)14(18)9-12/h2-9H,1H3,(H,19,20). The van der Waals surface area contributed by atoms with Gasteiger partial charge >= 0.3 is 5.97 Å². The van der Waals surface area contributed by atoms with Crippen LogP contribution in [0.4, 0.5) is 8.78 Å². The first-order valence-electron chi connectivity index (χ1n) is 6.10. The number of benzene rings is 2. The molecule has 0 saturated carbocycles. The molecular weight excluding hydrogens is 278 g/mol. The van der Waals surface area contributed by atoms with E-state index in [1.807, 2.05) is 0 Å². The highest BCUT2D eigenvalue weighted by atomic mass is 19.2. The zero-order valence-corrected chi connectivity index (χ0v) is 11.1. The van der Waals surface area contributed by atoms with Gasteiger partial charge in [-0.25, -0.2) is 13.6 Å². The third kappa shape index (κ3) is 3.89. The fraction of sp³-hybridized carbons (Fsp3) is 0.0625. The summed E-state index contributed by atoms with van der Waals surface area (Å²) in [5, 5.41) is 8.56. The molecule has 0 aliphatic heterocycles. The SMILES string of the molecule is Cc1cc(C=CC(=O)O)ccc1Oc1ccc(F)c(F)c1. The van der Waals surface area contributed by atoms with Gasteiger partial charge in [-0.15, -0.1) is 0 Å². The molecule has 3 nitrogen and oxygen atoms in total. The van der Waals surface area contributed by atoms with Crippen LogP contribution in [0.1, 0.15) is 11.1 Å². The second kappa shape index (κ2) is 6.17. The fourth-order valence-electron chi connectivity index (χ4n) is 1.73. The normalized spacial score (nSPS) is 10.8. The summed E-state index contributed by atoms with van der Waals surface area (Å²) in [5.41, 5.74) is 1.44. The number of hydrogen-bond donors (Lipinski definition) is 1. The number of halogens is 2. The van der Waals surface area contributed by atoms with Crippen molar-refractivity contribution >= 4 is 12.0 Å². The van der Waals surface area contributed by atoms with Crippen molar-refractivity contribution in [3.05, 3.63) is 65.2 Å². The summed E-state index contributed by atoms with van der Waals surface area (Å²) in [7, 11) is 0. The highest BCUT2D eigenvalue weighted by Gasteiger charge is 2.06. The van der Waals surface area contributed by atoms with Crippen LogP contribution >= 0.6 is 0 Å². The predicted octanol–water partition coefficient (Wildman–Crippen LogP) is 4.16. The Kier molecular flexibility index (Phi) is 4.33. The second-order valence-electron chi connectivity index (χ2n) is 4.37. The van der Waals surface area contributed by atoms with Crippen molar-refractivity contribution in [2.75, 3.05) is 0 Å². The first-order chi connectivity index (χ1) is 9.95. The monoisotopic (exact) mass is 290 g/mol. The summed E-state index contributed by atoms with van der Waals surface area (Å²) in [6, 6.07) is 8.32. The van der Waals surface area contributed by atoms with E-state index in [0.29, 0.717) is 11.3 Å². The quantitative estimate of drug-likeness (QED) is 0.860. The van der Waals surface area contributed by atoms with Gasteiger partial charge in [0.05, 0.1) is 0 Å². The van der Waals surface area contributed by atoms with Gasteiger partial charge in [-0.3, -0.25) is 0 Å². The van der Waals surface area contributed by atoms with Crippen molar-refractivity contribution in [3.8, 4) is 11.5 Å². The van der Waals surface area contributed by atoms with Crippen molar-refractivity contribution in [2.45, 2.75) is 6.92 Å². The van der Waals surface area contributed by atoms with E-state index in [1.54, 1.807) is 25.1 Å². The summed E-state index contributed by atoms with van der Waals surface area (Å²) in [4.78, 5) is 10.4. The minimum atomic E-state index is -1.03. The van der Waals surface area contributed by atoms with E-state index >= 15 is 0 Å². The van der Waals surface area contributed by atoms with Crippen LogP contribution in [-0.4, -0.2) is 11.1 Å². The van der Waals surface area contributed by atoms with E-state index in [2.05, 4.69) is 0 Å². The van der Waals surface area contributed by atoms with Crippen molar-refractivity contribution < 1.29 is 23.4 Å². The molecule has 0 radical (unpaired) electrons. The zero-order valence-electron chi connectivity index (χ0n) is 11.1. The van der Waals surface area contributed by atoms with Crippen LogP contribution in [-0.2, 0) is 4.79 Å². The van der Waals surface area contributed by atoms with Crippen LogP contribution in [0.5, 0.6) is 11.5 Å². The highest BCUT2D eigenvalue weighted by molar-refractivity contribution is 5.85. The average Bonchev–Trinajstić information content (AvgIpc) is 2.43. The van der Waals surface area contributed by atoms with Crippen molar-refractivity contribution in [1.29, 1.82) is 0 Å². The Morgan fingerprint density at radius 2 is 1.90 bits per heavy atom. The van der Waals surface area contributed by atoms with Crippen LogP contribution in [0, 0.1) is 18.6 Å². The number of aryl methyl sites for hydroxylation is 1. The van der Waals surface area contributed by atoms with E-state index in [0.717, 1.165) is 23.8 Å². The van der Waals surface area contributed by atoms with Gasteiger partial charge in [-0.1, -0.05) is 6.07 Å². The van der Waals surface area contributed by atoms with Gasteiger partial charge in [-0.2, -0.15) is 0 Å². The molecule has 0 saturated heterocycles. The van der Waals surface area contributed by atoms with Crippen LogP contribution in [0.2, 0.25) is 0 Å². The molecule has 0 amide bonds. The number of carbonyl (C=O) groups is 1. The van der Waals surface area contributed by atoms with Crippen molar-refractivity contribution in [3.63, 3.8) is 0 Å². The molecule has 0 spiro atoms. The molecule has 0 aliphatic rings. The summed E-state index contributed by atoms with van der Waals surface area (Å²) in [6.45, 7) is 1.77. The van der Waals surface area contributed by atoms with Gasteiger partial charge in [0, 0.05) is 12.1 Å². The minimum absolute atomic E-state index is 0.186. The van der Waals surface area contributed by atoms with Crippen LogP contribution in [0.3, 0.4) is 0 Å². The number of carboxylic acid groups (broad SMARTS) is 1. The summed E-state index contributed by atoms with van der Waals surface area (Å²) >= 11 is 0. The van der Waals surface area contributed by atoms with Gasteiger partial charge < -0.3 is 9.84 Å². The molecule has 0 heterocycles. The Labute approximate surface area is 120 Å². The van der Waals surface area contributed by atoms with E-state index in [-0.39, 0.29) is 5.75 Å². The van der Waals surface area contributed by atoms with E-state index in [4.69, 9.17) is 9.84 Å². The van der Waals surface area contributed by atoms with Crippen LogP contribution in [0.15, 0.2) is 42.5 Å². The van der Waals surface area contributed by atoms with Crippen molar-refractivity contribution in [2.24, 2.45) is 0 Å². The molecule has 0 aromatic heterocycles. The first kappa shape index (κ1) is 14.7. The second-order valence-corrected chi connectivity index (χ2v) is 4.37. The largest absolute Gasteiger partial charge is 0.478 e. The molecule has 2 aromatic rings. The molecule has 2 aromatic carbocycles. The Hall–Kier alpha value is -2.69. The predicted molar refractivity (Wildman–Crippen MR) is 74.3 cm³/mol. The Morgan fingerprint density at radius 3 is 2.52 bits per heavy atom. The Morgan fingerprint density at radius 1 is 1.14 bits per heavy atom. The Bertz CT molecular complexity index is 709. The van der Waals surface area contributed by atoms with Gasteiger partial charge in [0.2, 0.25) is 0 Å². The smallest absolute Gasteiger partial charge is 0.328 e. The summed E-state index contributed by atoms with van der Waals surface area (Å²) < 4.78 is 31.4. The molecule has 0 aliphatic carbocycles. The van der Waals surface area contributed by atoms with E-state index in [1.165, 1.54) is 12.1 Å². The number of hydrogen-bond acceptors (Lipinski definition) is 2. The zero-order chi connectivity index (χ0) is 15.4. The van der Waals surface area contributed by atoms with Gasteiger partial charge in [0.15, 0.2) is 11.6 Å². The minimum Gasteiger partial charge on any atom is -0.478 e. The summed E-state index contributed by atoms with van der Waals surface area (Å²) in [5.74, 6) is -2.28. The average molecular weight is 290 g/mol. The lowest BCUT2D eigenvalue weighted by Gasteiger charge is -2.09. The molecule has 0 fully saturated rings. The van der Waals surface area contributed by atoms with Gasteiger partial charge in [0.1, 0.15) is 11.5 Å².